The average molecular weight is 286 g/mol. The summed E-state index contributed by atoms with van der Waals surface area (Å²) in [6.07, 6.45) is 1.00. The molecule has 1 unspecified atom stereocenters. The van der Waals surface area contributed by atoms with Crippen molar-refractivity contribution in [3.63, 3.8) is 0 Å². The quantitative estimate of drug-likeness (QED) is 0.897. The van der Waals surface area contributed by atoms with Gasteiger partial charge in [-0.25, -0.2) is 0 Å². The van der Waals surface area contributed by atoms with Crippen molar-refractivity contribution in [3.05, 3.63) is 35.4 Å². The molecule has 1 aromatic rings. The molecule has 0 radical (unpaired) electrons. The third kappa shape index (κ3) is 2.28. The lowest BCUT2D eigenvalue weighted by Crippen LogP contribution is -2.42. The Morgan fingerprint density at radius 2 is 1.90 bits per heavy atom. The largest absolute Gasteiger partial charge is 0.354 e. The molecule has 1 amide bonds. The van der Waals surface area contributed by atoms with Crippen LogP contribution in [0.4, 0.5) is 0 Å². The summed E-state index contributed by atoms with van der Waals surface area (Å²) in [4.78, 5) is 12.5. The molecule has 1 aromatic carbocycles. The fraction of sp³-hybridized carbons (Fsp3) is 0.611. The van der Waals surface area contributed by atoms with Gasteiger partial charge in [0.2, 0.25) is 5.91 Å². The van der Waals surface area contributed by atoms with Gasteiger partial charge in [-0.3, -0.25) is 4.79 Å². The van der Waals surface area contributed by atoms with Crippen molar-refractivity contribution in [2.24, 2.45) is 16.7 Å². The van der Waals surface area contributed by atoms with E-state index in [4.69, 9.17) is 0 Å². The topological polar surface area (TPSA) is 41.1 Å². The van der Waals surface area contributed by atoms with E-state index in [0.717, 1.165) is 25.1 Å². The standard InChI is InChI=1S/C18H26N2O/c1-17(2)14(18(17,3)4)11-20-16(21)15-13-8-6-5-7-12(13)9-10-19-15/h5-8,14-15,19H,9-11H2,1-4H3,(H,20,21). The first-order valence-corrected chi connectivity index (χ1v) is 7.94. The van der Waals surface area contributed by atoms with Gasteiger partial charge in [-0.2, -0.15) is 0 Å². The van der Waals surface area contributed by atoms with E-state index < -0.39 is 0 Å². The summed E-state index contributed by atoms with van der Waals surface area (Å²) in [6, 6.07) is 8.06. The maximum absolute atomic E-state index is 12.5. The van der Waals surface area contributed by atoms with E-state index >= 15 is 0 Å². The molecular weight excluding hydrogens is 260 g/mol. The fourth-order valence-corrected chi connectivity index (χ4v) is 3.89. The van der Waals surface area contributed by atoms with Crippen LogP contribution in [0.15, 0.2) is 24.3 Å². The van der Waals surface area contributed by atoms with E-state index in [1.807, 2.05) is 12.1 Å². The SMILES string of the molecule is CC1(C)C(CNC(=O)C2NCCc3ccccc32)C1(C)C. The van der Waals surface area contributed by atoms with Crippen LogP contribution in [0, 0.1) is 16.7 Å². The summed E-state index contributed by atoms with van der Waals surface area (Å²) in [6.45, 7) is 10.8. The van der Waals surface area contributed by atoms with Gasteiger partial charge < -0.3 is 10.6 Å². The van der Waals surface area contributed by atoms with Gasteiger partial charge in [0.15, 0.2) is 0 Å². The maximum Gasteiger partial charge on any atom is 0.241 e. The van der Waals surface area contributed by atoms with Crippen LogP contribution in [0.2, 0.25) is 0 Å². The molecule has 0 spiro atoms. The van der Waals surface area contributed by atoms with Gasteiger partial charge in [0.05, 0.1) is 0 Å². The van der Waals surface area contributed by atoms with E-state index in [-0.39, 0.29) is 11.9 Å². The molecule has 3 nitrogen and oxygen atoms in total. The first-order chi connectivity index (χ1) is 9.85. The Hall–Kier alpha value is -1.35. The van der Waals surface area contributed by atoms with E-state index in [2.05, 4.69) is 50.5 Å². The summed E-state index contributed by atoms with van der Waals surface area (Å²) in [5.41, 5.74) is 3.06. The van der Waals surface area contributed by atoms with Gasteiger partial charge in [0.25, 0.3) is 0 Å². The predicted octanol–water partition coefficient (Wildman–Crippen LogP) is 2.67. The fourth-order valence-electron chi connectivity index (χ4n) is 3.89. The molecule has 1 saturated carbocycles. The number of fused-ring (bicyclic) bond motifs is 1. The molecule has 114 valence electrons. The molecule has 0 aromatic heterocycles. The Bertz CT molecular complexity index is 548. The molecule has 1 heterocycles. The van der Waals surface area contributed by atoms with Crippen LogP contribution >= 0.6 is 0 Å². The molecule has 21 heavy (non-hydrogen) atoms. The number of carbonyl (C=O) groups excluding carboxylic acids is 1. The molecule has 0 bridgehead atoms. The zero-order valence-corrected chi connectivity index (χ0v) is 13.5. The smallest absolute Gasteiger partial charge is 0.241 e. The molecular formula is C18H26N2O. The Morgan fingerprint density at radius 1 is 1.24 bits per heavy atom. The van der Waals surface area contributed by atoms with E-state index in [9.17, 15) is 4.79 Å². The minimum atomic E-state index is -0.195. The second-order valence-corrected chi connectivity index (χ2v) is 7.58. The summed E-state index contributed by atoms with van der Waals surface area (Å²) >= 11 is 0. The normalized spacial score (nSPS) is 26.0. The van der Waals surface area contributed by atoms with Crippen LogP contribution < -0.4 is 10.6 Å². The highest BCUT2D eigenvalue weighted by atomic mass is 16.2. The Kier molecular flexibility index (Phi) is 3.36. The molecule has 3 heteroatoms. The Morgan fingerprint density at radius 3 is 2.57 bits per heavy atom. The molecule has 1 aliphatic heterocycles. The van der Waals surface area contributed by atoms with Crippen LogP contribution in [0.3, 0.4) is 0 Å². The van der Waals surface area contributed by atoms with E-state index in [1.165, 1.54) is 5.56 Å². The lowest BCUT2D eigenvalue weighted by atomic mass is 9.94. The highest BCUT2D eigenvalue weighted by Crippen LogP contribution is 2.67. The monoisotopic (exact) mass is 286 g/mol. The average Bonchev–Trinajstić information content (AvgIpc) is 2.85. The number of benzene rings is 1. The minimum absolute atomic E-state index is 0.112. The maximum atomic E-state index is 12.5. The summed E-state index contributed by atoms with van der Waals surface area (Å²) in [5.74, 6) is 0.674. The van der Waals surface area contributed by atoms with Crippen molar-refractivity contribution in [1.29, 1.82) is 0 Å². The van der Waals surface area contributed by atoms with Crippen molar-refractivity contribution in [1.82, 2.24) is 10.6 Å². The molecule has 3 rings (SSSR count). The van der Waals surface area contributed by atoms with Crippen molar-refractivity contribution < 1.29 is 4.79 Å². The van der Waals surface area contributed by atoms with Crippen LogP contribution in [-0.4, -0.2) is 19.0 Å². The number of rotatable bonds is 3. The molecule has 2 N–H and O–H groups in total. The summed E-state index contributed by atoms with van der Waals surface area (Å²) in [7, 11) is 0. The van der Waals surface area contributed by atoms with E-state index in [0.29, 0.717) is 16.7 Å². The van der Waals surface area contributed by atoms with Crippen molar-refractivity contribution >= 4 is 5.91 Å². The highest BCUT2D eigenvalue weighted by Gasteiger charge is 2.64. The van der Waals surface area contributed by atoms with Gasteiger partial charge in [0, 0.05) is 13.1 Å². The van der Waals surface area contributed by atoms with Crippen molar-refractivity contribution in [2.75, 3.05) is 13.1 Å². The van der Waals surface area contributed by atoms with Gasteiger partial charge in [-0.1, -0.05) is 52.0 Å². The van der Waals surface area contributed by atoms with Crippen LogP contribution in [0.1, 0.15) is 44.9 Å². The number of amides is 1. The number of nitrogens with one attached hydrogen (secondary N) is 2. The Labute approximate surface area is 127 Å². The lowest BCUT2D eigenvalue weighted by molar-refractivity contribution is -0.123. The molecule has 1 atom stereocenters. The highest BCUT2D eigenvalue weighted by molar-refractivity contribution is 5.84. The molecule has 2 aliphatic rings. The number of carbonyl (C=O) groups is 1. The molecule has 1 fully saturated rings. The minimum Gasteiger partial charge on any atom is -0.354 e. The van der Waals surface area contributed by atoms with Gasteiger partial charge in [-0.15, -0.1) is 0 Å². The first kappa shape index (κ1) is 14.6. The molecule has 0 saturated heterocycles. The predicted molar refractivity (Wildman–Crippen MR) is 85.0 cm³/mol. The van der Waals surface area contributed by atoms with Crippen molar-refractivity contribution in [3.8, 4) is 0 Å². The zero-order valence-electron chi connectivity index (χ0n) is 13.5. The second-order valence-electron chi connectivity index (χ2n) is 7.58. The van der Waals surface area contributed by atoms with Gasteiger partial charge in [-0.05, 0) is 34.3 Å². The van der Waals surface area contributed by atoms with Gasteiger partial charge in [0.1, 0.15) is 6.04 Å². The summed E-state index contributed by atoms with van der Waals surface area (Å²) in [5, 5.41) is 6.51. The van der Waals surface area contributed by atoms with E-state index in [1.54, 1.807) is 0 Å². The van der Waals surface area contributed by atoms with Crippen molar-refractivity contribution in [2.45, 2.75) is 40.2 Å². The number of hydrogen-bond donors (Lipinski definition) is 2. The van der Waals surface area contributed by atoms with Crippen LogP contribution in [0.5, 0.6) is 0 Å². The number of hydrogen-bond acceptors (Lipinski definition) is 2. The summed E-state index contributed by atoms with van der Waals surface area (Å²) < 4.78 is 0. The van der Waals surface area contributed by atoms with Gasteiger partial charge >= 0.3 is 0 Å². The van der Waals surface area contributed by atoms with Crippen LogP contribution in [0.25, 0.3) is 0 Å². The first-order valence-electron chi connectivity index (χ1n) is 7.94. The van der Waals surface area contributed by atoms with Crippen LogP contribution in [-0.2, 0) is 11.2 Å². The lowest BCUT2D eigenvalue weighted by Gasteiger charge is -2.26. The Balaban J connectivity index is 1.65. The second kappa shape index (κ2) is 4.84. The zero-order chi connectivity index (χ0) is 15.3. The molecule has 1 aliphatic carbocycles. The third-order valence-corrected chi connectivity index (χ3v) is 6.17. The third-order valence-electron chi connectivity index (χ3n) is 6.17.